The smallest absolute Gasteiger partial charge is 0.430 e. The predicted octanol–water partition coefficient (Wildman–Crippen LogP) is 0.697. The van der Waals surface area contributed by atoms with Crippen molar-refractivity contribution in [1.82, 2.24) is 5.32 Å². The fourth-order valence-corrected chi connectivity index (χ4v) is 1.55. The highest BCUT2D eigenvalue weighted by atomic mass is 35.5. The molecule has 2 fully saturated rings. The van der Waals surface area contributed by atoms with E-state index >= 15 is 0 Å². The van der Waals surface area contributed by atoms with Gasteiger partial charge < -0.3 is 14.8 Å². The van der Waals surface area contributed by atoms with Gasteiger partial charge in [0.2, 0.25) is 0 Å². The molecule has 0 saturated carbocycles. The molecular weight excluding hydrogens is 182 g/mol. The maximum Gasteiger partial charge on any atom is 0.509 e. The lowest BCUT2D eigenvalue weighted by atomic mass is 9.94. The Morgan fingerprint density at radius 3 is 2.50 bits per heavy atom. The van der Waals surface area contributed by atoms with E-state index in [1.165, 1.54) is 0 Å². The van der Waals surface area contributed by atoms with Crippen LogP contribution < -0.4 is 5.32 Å². The summed E-state index contributed by atoms with van der Waals surface area (Å²) in [4.78, 5) is 10.7. The van der Waals surface area contributed by atoms with Crippen LogP contribution in [-0.2, 0) is 9.47 Å². The molecule has 0 amide bonds. The average Bonchev–Trinajstić information content (AvgIpc) is 2.34. The molecule has 2 heterocycles. The molecule has 0 aromatic carbocycles. The molecule has 4 nitrogen and oxygen atoms in total. The Morgan fingerprint density at radius 2 is 2.00 bits per heavy atom. The predicted molar refractivity (Wildman–Crippen MR) is 44.5 cm³/mol. The number of carbonyl (C=O) groups is 1. The van der Waals surface area contributed by atoms with Crippen LogP contribution in [0, 0.1) is 0 Å². The van der Waals surface area contributed by atoms with E-state index in [9.17, 15) is 4.79 Å². The first-order valence-corrected chi connectivity index (χ1v) is 3.87. The van der Waals surface area contributed by atoms with Gasteiger partial charge in [-0.2, -0.15) is 0 Å². The van der Waals surface area contributed by atoms with Crippen LogP contribution in [0.5, 0.6) is 0 Å². The zero-order valence-electron chi connectivity index (χ0n) is 6.67. The second kappa shape index (κ2) is 3.49. The SMILES string of the molecule is Cl.O=C1OCC2(CCNCC2)O1. The molecule has 0 aromatic heterocycles. The first kappa shape index (κ1) is 9.61. The standard InChI is InChI=1S/C7H11NO3.ClH/c9-6-10-5-7(11-6)1-3-8-4-2-7;/h8H,1-5H2;1H. The van der Waals surface area contributed by atoms with Crippen LogP contribution in [0.15, 0.2) is 0 Å². The maximum absolute atomic E-state index is 10.7. The second-order valence-corrected chi connectivity index (χ2v) is 3.07. The number of carbonyl (C=O) groups excluding carboxylic acids is 1. The van der Waals surface area contributed by atoms with Gasteiger partial charge in [0.25, 0.3) is 0 Å². The van der Waals surface area contributed by atoms with E-state index in [1.807, 2.05) is 0 Å². The largest absolute Gasteiger partial charge is 0.509 e. The van der Waals surface area contributed by atoms with E-state index < -0.39 is 6.16 Å². The van der Waals surface area contributed by atoms with E-state index in [2.05, 4.69) is 5.32 Å². The molecule has 0 bridgehead atoms. The van der Waals surface area contributed by atoms with Gasteiger partial charge in [0.15, 0.2) is 5.60 Å². The second-order valence-electron chi connectivity index (χ2n) is 3.07. The molecule has 1 N–H and O–H groups in total. The molecule has 2 aliphatic rings. The number of cyclic esters (lactones) is 1. The van der Waals surface area contributed by atoms with Crippen molar-refractivity contribution in [3.05, 3.63) is 0 Å². The van der Waals surface area contributed by atoms with Crippen LogP contribution in [0.4, 0.5) is 4.79 Å². The summed E-state index contributed by atoms with van der Waals surface area (Å²) in [7, 11) is 0. The minimum atomic E-state index is -0.507. The summed E-state index contributed by atoms with van der Waals surface area (Å²) in [5.41, 5.74) is -0.289. The van der Waals surface area contributed by atoms with Crippen LogP contribution >= 0.6 is 12.4 Å². The quantitative estimate of drug-likeness (QED) is 0.576. The highest BCUT2D eigenvalue weighted by Gasteiger charge is 2.42. The molecule has 0 aromatic rings. The van der Waals surface area contributed by atoms with E-state index in [-0.39, 0.29) is 18.0 Å². The summed E-state index contributed by atoms with van der Waals surface area (Å²) in [6, 6.07) is 0. The van der Waals surface area contributed by atoms with E-state index in [0.29, 0.717) is 6.61 Å². The number of hydrogen-bond acceptors (Lipinski definition) is 4. The van der Waals surface area contributed by atoms with Crippen molar-refractivity contribution < 1.29 is 14.3 Å². The van der Waals surface area contributed by atoms with Crippen LogP contribution in [0.25, 0.3) is 0 Å². The van der Waals surface area contributed by atoms with Crippen molar-refractivity contribution in [2.45, 2.75) is 18.4 Å². The van der Waals surface area contributed by atoms with E-state index in [0.717, 1.165) is 25.9 Å². The van der Waals surface area contributed by atoms with Gasteiger partial charge in [0, 0.05) is 12.8 Å². The lowest BCUT2D eigenvalue weighted by Gasteiger charge is -2.29. The van der Waals surface area contributed by atoms with Crippen molar-refractivity contribution in [1.29, 1.82) is 0 Å². The molecule has 12 heavy (non-hydrogen) atoms. The molecule has 2 aliphatic heterocycles. The van der Waals surface area contributed by atoms with Crippen molar-refractivity contribution >= 4 is 18.6 Å². The van der Waals surface area contributed by atoms with Gasteiger partial charge >= 0.3 is 6.16 Å². The summed E-state index contributed by atoms with van der Waals surface area (Å²) in [5.74, 6) is 0. The summed E-state index contributed by atoms with van der Waals surface area (Å²) < 4.78 is 9.85. The Hall–Kier alpha value is -0.480. The summed E-state index contributed by atoms with van der Waals surface area (Å²) >= 11 is 0. The summed E-state index contributed by atoms with van der Waals surface area (Å²) in [6.07, 6.45) is 1.24. The normalized spacial score (nSPS) is 25.8. The monoisotopic (exact) mass is 193 g/mol. The van der Waals surface area contributed by atoms with Crippen molar-refractivity contribution in [2.75, 3.05) is 19.7 Å². The van der Waals surface area contributed by atoms with Crippen molar-refractivity contribution in [3.63, 3.8) is 0 Å². The van der Waals surface area contributed by atoms with Crippen LogP contribution in [0.1, 0.15) is 12.8 Å². The van der Waals surface area contributed by atoms with Crippen molar-refractivity contribution in [2.24, 2.45) is 0 Å². The van der Waals surface area contributed by atoms with Crippen molar-refractivity contribution in [3.8, 4) is 0 Å². The van der Waals surface area contributed by atoms with Crippen LogP contribution in [-0.4, -0.2) is 31.5 Å². The first-order valence-electron chi connectivity index (χ1n) is 3.87. The Kier molecular flexibility index (Phi) is 2.80. The average molecular weight is 194 g/mol. The lowest BCUT2D eigenvalue weighted by Crippen LogP contribution is -2.43. The fraction of sp³-hybridized carbons (Fsp3) is 0.857. The van der Waals surface area contributed by atoms with Gasteiger partial charge in [0.05, 0.1) is 0 Å². The van der Waals surface area contributed by atoms with Gasteiger partial charge in [-0.25, -0.2) is 4.79 Å². The Bertz CT molecular complexity index is 179. The number of rotatable bonds is 0. The molecule has 0 aliphatic carbocycles. The summed E-state index contributed by atoms with van der Waals surface area (Å²) in [5, 5.41) is 3.20. The number of ether oxygens (including phenoxy) is 2. The van der Waals surface area contributed by atoms with E-state index in [4.69, 9.17) is 9.47 Å². The molecule has 0 radical (unpaired) electrons. The highest BCUT2D eigenvalue weighted by Crippen LogP contribution is 2.28. The summed E-state index contributed by atoms with van der Waals surface area (Å²) in [6.45, 7) is 2.26. The zero-order chi connectivity index (χ0) is 7.73. The minimum Gasteiger partial charge on any atom is -0.430 e. The number of nitrogens with one attached hydrogen (secondary N) is 1. The highest BCUT2D eigenvalue weighted by molar-refractivity contribution is 5.85. The van der Waals surface area contributed by atoms with Gasteiger partial charge in [-0.15, -0.1) is 12.4 Å². The van der Waals surface area contributed by atoms with Gasteiger partial charge in [0.1, 0.15) is 6.61 Å². The van der Waals surface area contributed by atoms with Crippen LogP contribution in [0.3, 0.4) is 0 Å². The third-order valence-corrected chi connectivity index (χ3v) is 2.27. The Labute approximate surface area is 77.0 Å². The maximum atomic E-state index is 10.7. The molecule has 0 atom stereocenters. The van der Waals surface area contributed by atoms with Gasteiger partial charge in [-0.3, -0.25) is 0 Å². The van der Waals surface area contributed by atoms with Gasteiger partial charge in [-0.05, 0) is 13.1 Å². The third kappa shape index (κ3) is 1.64. The lowest BCUT2D eigenvalue weighted by molar-refractivity contribution is 0.0316. The molecule has 70 valence electrons. The Balaban J connectivity index is 0.000000720. The number of hydrogen-bond donors (Lipinski definition) is 1. The van der Waals surface area contributed by atoms with E-state index in [1.54, 1.807) is 0 Å². The molecule has 2 rings (SSSR count). The molecule has 0 unspecified atom stereocenters. The molecule has 1 spiro atoms. The molecule has 2 saturated heterocycles. The number of piperidine rings is 1. The molecular formula is C7H12ClNO3. The third-order valence-electron chi connectivity index (χ3n) is 2.27. The first-order chi connectivity index (χ1) is 5.31. The topological polar surface area (TPSA) is 47.6 Å². The molecule has 5 heteroatoms. The van der Waals surface area contributed by atoms with Gasteiger partial charge in [-0.1, -0.05) is 0 Å². The fourth-order valence-electron chi connectivity index (χ4n) is 1.55. The number of halogens is 1. The zero-order valence-corrected chi connectivity index (χ0v) is 7.49. The van der Waals surface area contributed by atoms with Crippen LogP contribution in [0.2, 0.25) is 0 Å². The minimum absolute atomic E-state index is 0. The Morgan fingerprint density at radius 1 is 1.33 bits per heavy atom.